The molecular weight excluding hydrogens is 224 g/mol. The van der Waals surface area contributed by atoms with E-state index in [9.17, 15) is 4.79 Å². The molecule has 3 nitrogen and oxygen atoms in total. The Hall–Kier alpha value is -0.280. The van der Waals surface area contributed by atoms with Crippen LogP contribution in [0, 0.1) is 5.92 Å². The van der Waals surface area contributed by atoms with E-state index in [1.54, 1.807) is 0 Å². The lowest BCUT2D eigenvalue weighted by atomic mass is 9.84. The molecule has 0 aromatic carbocycles. The van der Waals surface area contributed by atoms with Crippen LogP contribution in [0.3, 0.4) is 0 Å². The normalized spacial score (nSPS) is 25.4. The molecule has 0 aromatic heterocycles. The molecule has 1 unspecified atom stereocenters. The fraction of sp³-hybridized carbons (Fsp3) is 0.917. The first-order chi connectivity index (χ1) is 7.12. The van der Waals surface area contributed by atoms with Crippen molar-refractivity contribution in [2.45, 2.75) is 63.5 Å². The molecule has 16 heavy (non-hydrogen) atoms. The largest absolute Gasteiger partial charge is 0.352 e. The van der Waals surface area contributed by atoms with Gasteiger partial charge in [0.05, 0.1) is 5.54 Å². The number of nitrogens with two attached hydrogens (primary N) is 1. The van der Waals surface area contributed by atoms with Crippen LogP contribution in [0.5, 0.6) is 0 Å². The zero-order valence-corrected chi connectivity index (χ0v) is 10.8. The third kappa shape index (κ3) is 3.11. The highest BCUT2D eigenvalue weighted by molar-refractivity contribution is 5.89. The van der Waals surface area contributed by atoms with Crippen molar-refractivity contribution in [3.63, 3.8) is 0 Å². The van der Waals surface area contributed by atoms with E-state index in [1.807, 2.05) is 0 Å². The van der Waals surface area contributed by atoms with E-state index in [-0.39, 0.29) is 18.3 Å². The molecule has 0 bridgehead atoms. The summed E-state index contributed by atoms with van der Waals surface area (Å²) in [6.07, 6.45) is 8.24. The van der Waals surface area contributed by atoms with Crippen LogP contribution in [0.25, 0.3) is 0 Å². The molecule has 94 valence electrons. The number of rotatable bonds is 3. The third-order valence-corrected chi connectivity index (χ3v) is 3.96. The molecule has 3 N–H and O–H groups in total. The first-order valence-electron chi connectivity index (χ1n) is 6.22. The van der Waals surface area contributed by atoms with Crippen molar-refractivity contribution >= 4 is 18.3 Å². The van der Waals surface area contributed by atoms with Crippen LogP contribution in [-0.4, -0.2) is 17.5 Å². The second-order valence-electron chi connectivity index (χ2n) is 5.32. The molecule has 4 heteroatoms. The predicted molar refractivity (Wildman–Crippen MR) is 67.6 cm³/mol. The van der Waals surface area contributed by atoms with Gasteiger partial charge in [0.1, 0.15) is 0 Å². The van der Waals surface area contributed by atoms with E-state index < -0.39 is 5.54 Å². The Kier molecular flexibility index (Phi) is 4.62. The Bertz CT molecular complexity index is 247. The van der Waals surface area contributed by atoms with E-state index in [0.29, 0.717) is 12.0 Å². The van der Waals surface area contributed by atoms with Gasteiger partial charge in [-0.1, -0.05) is 19.3 Å². The zero-order chi connectivity index (χ0) is 10.9. The van der Waals surface area contributed by atoms with Crippen molar-refractivity contribution < 1.29 is 4.79 Å². The summed E-state index contributed by atoms with van der Waals surface area (Å²) in [7, 11) is 0. The Morgan fingerprint density at radius 2 is 1.88 bits per heavy atom. The van der Waals surface area contributed by atoms with E-state index in [0.717, 1.165) is 12.8 Å². The van der Waals surface area contributed by atoms with Gasteiger partial charge in [-0.05, 0) is 38.5 Å². The van der Waals surface area contributed by atoms with Crippen LogP contribution in [-0.2, 0) is 4.79 Å². The summed E-state index contributed by atoms with van der Waals surface area (Å²) in [5.74, 6) is 0.741. The molecular formula is C12H23ClN2O. The van der Waals surface area contributed by atoms with Gasteiger partial charge in [0.15, 0.2) is 0 Å². The van der Waals surface area contributed by atoms with E-state index >= 15 is 0 Å². The number of halogens is 1. The molecule has 2 fully saturated rings. The molecule has 0 spiro atoms. The second kappa shape index (κ2) is 5.37. The van der Waals surface area contributed by atoms with Crippen LogP contribution in [0.15, 0.2) is 0 Å². The average molecular weight is 247 g/mol. The number of carbonyl (C=O) groups excluding carboxylic acids is 1. The Balaban J connectivity index is 0.00000128. The summed E-state index contributed by atoms with van der Waals surface area (Å²) in [5.41, 5.74) is 5.34. The van der Waals surface area contributed by atoms with Crippen molar-refractivity contribution in [2.75, 3.05) is 0 Å². The zero-order valence-electron chi connectivity index (χ0n) is 10.00. The summed E-state index contributed by atoms with van der Waals surface area (Å²) in [6, 6.07) is 0.304. The Labute approximate surface area is 104 Å². The number of hydrogen-bond donors (Lipinski definition) is 2. The van der Waals surface area contributed by atoms with Gasteiger partial charge in [-0.15, -0.1) is 12.4 Å². The van der Waals surface area contributed by atoms with Gasteiger partial charge in [0.25, 0.3) is 0 Å². The standard InChI is InChI=1S/C12H22N2O.ClH/c1-9(10-5-3-2-4-6-10)14-11(15)12(13)7-8-12;/h9-10H,2-8,13H2,1H3,(H,14,15);1H. The van der Waals surface area contributed by atoms with Crippen molar-refractivity contribution in [1.29, 1.82) is 0 Å². The molecule has 0 aromatic rings. The molecule has 0 saturated heterocycles. The second-order valence-corrected chi connectivity index (χ2v) is 5.32. The quantitative estimate of drug-likeness (QED) is 0.800. The Morgan fingerprint density at radius 1 is 1.31 bits per heavy atom. The molecule has 1 amide bonds. The van der Waals surface area contributed by atoms with E-state index in [1.165, 1.54) is 32.1 Å². The monoisotopic (exact) mass is 246 g/mol. The first-order valence-corrected chi connectivity index (χ1v) is 6.22. The summed E-state index contributed by atoms with van der Waals surface area (Å²) in [5, 5.41) is 3.09. The molecule has 0 heterocycles. The maximum absolute atomic E-state index is 11.7. The molecule has 1 atom stereocenters. The van der Waals surface area contributed by atoms with Crippen molar-refractivity contribution in [3.8, 4) is 0 Å². The topological polar surface area (TPSA) is 55.1 Å². The fourth-order valence-corrected chi connectivity index (χ4v) is 2.46. The molecule has 2 aliphatic rings. The highest BCUT2D eigenvalue weighted by Crippen LogP contribution is 2.33. The van der Waals surface area contributed by atoms with Crippen LogP contribution < -0.4 is 11.1 Å². The molecule has 2 aliphatic carbocycles. The SMILES string of the molecule is CC(NC(=O)C1(N)CC1)C1CCCCC1.Cl. The van der Waals surface area contributed by atoms with Crippen molar-refractivity contribution in [2.24, 2.45) is 11.7 Å². The summed E-state index contributed by atoms with van der Waals surface area (Å²) >= 11 is 0. The van der Waals surface area contributed by atoms with Gasteiger partial charge in [0.2, 0.25) is 5.91 Å². The van der Waals surface area contributed by atoms with Crippen LogP contribution in [0.2, 0.25) is 0 Å². The summed E-state index contributed by atoms with van der Waals surface area (Å²) < 4.78 is 0. The molecule has 0 aliphatic heterocycles. The first kappa shape index (κ1) is 13.8. The van der Waals surface area contributed by atoms with Gasteiger partial charge in [-0.25, -0.2) is 0 Å². The van der Waals surface area contributed by atoms with Crippen molar-refractivity contribution in [3.05, 3.63) is 0 Å². The van der Waals surface area contributed by atoms with Gasteiger partial charge in [-0.3, -0.25) is 4.79 Å². The molecule has 2 rings (SSSR count). The van der Waals surface area contributed by atoms with E-state index in [4.69, 9.17) is 5.73 Å². The lowest BCUT2D eigenvalue weighted by Gasteiger charge is -2.29. The minimum atomic E-state index is -0.511. The van der Waals surface area contributed by atoms with Crippen LogP contribution >= 0.6 is 12.4 Å². The number of hydrogen-bond acceptors (Lipinski definition) is 2. The fourth-order valence-electron chi connectivity index (χ4n) is 2.46. The van der Waals surface area contributed by atoms with Gasteiger partial charge >= 0.3 is 0 Å². The smallest absolute Gasteiger partial charge is 0.240 e. The highest BCUT2D eigenvalue weighted by Gasteiger charge is 2.46. The van der Waals surface area contributed by atoms with Gasteiger partial charge in [-0.2, -0.15) is 0 Å². The van der Waals surface area contributed by atoms with Gasteiger partial charge < -0.3 is 11.1 Å². The van der Waals surface area contributed by atoms with E-state index in [2.05, 4.69) is 12.2 Å². The lowest BCUT2D eigenvalue weighted by Crippen LogP contribution is -2.48. The lowest BCUT2D eigenvalue weighted by molar-refractivity contribution is -0.124. The minimum Gasteiger partial charge on any atom is -0.352 e. The molecule has 0 radical (unpaired) electrons. The van der Waals surface area contributed by atoms with Crippen LogP contribution in [0.4, 0.5) is 0 Å². The van der Waals surface area contributed by atoms with Crippen molar-refractivity contribution in [1.82, 2.24) is 5.32 Å². The number of nitrogens with one attached hydrogen (secondary N) is 1. The maximum Gasteiger partial charge on any atom is 0.240 e. The molecule has 2 saturated carbocycles. The average Bonchev–Trinajstić information content (AvgIpc) is 2.99. The minimum absolute atomic E-state index is 0. The summed E-state index contributed by atoms with van der Waals surface area (Å²) in [4.78, 5) is 11.7. The highest BCUT2D eigenvalue weighted by atomic mass is 35.5. The summed E-state index contributed by atoms with van der Waals surface area (Å²) in [6.45, 7) is 2.12. The third-order valence-electron chi connectivity index (χ3n) is 3.96. The Morgan fingerprint density at radius 3 is 2.38 bits per heavy atom. The predicted octanol–water partition coefficient (Wildman–Crippen LogP) is 1.98. The maximum atomic E-state index is 11.7. The van der Waals surface area contributed by atoms with Gasteiger partial charge in [0, 0.05) is 6.04 Å². The number of carbonyl (C=O) groups is 1. The number of amides is 1. The van der Waals surface area contributed by atoms with Crippen LogP contribution in [0.1, 0.15) is 51.9 Å².